The smallest absolute Gasteiger partial charge is 0.298 e. The van der Waals surface area contributed by atoms with E-state index in [1.54, 1.807) is 37.6 Å². The van der Waals surface area contributed by atoms with E-state index in [0.29, 0.717) is 29.8 Å². The largest absolute Gasteiger partial charge is 0.496 e. The van der Waals surface area contributed by atoms with E-state index in [0.717, 1.165) is 5.56 Å². The van der Waals surface area contributed by atoms with Crippen LogP contribution in [0.5, 0.6) is 17.2 Å². The van der Waals surface area contributed by atoms with Crippen molar-refractivity contribution in [2.75, 3.05) is 20.8 Å². The summed E-state index contributed by atoms with van der Waals surface area (Å²) in [7, 11) is 3.02. The molecule has 2 aromatic rings. The first-order valence-corrected chi connectivity index (χ1v) is 8.12. The zero-order chi connectivity index (χ0) is 19.1. The van der Waals surface area contributed by atoms with E-state index in [2.05, 4.69) is 18.8 Å². The van der Waals surface area contributed by atoms with Gasteiger partial charge in [-0.25, -0.2) is 4.99 Å². The van der Waals surface area contributed by atoms with Gasteiger partial charge >= 0.3 is 0 Å². The quantitative estimate of drug-likeness (QED) is 0.397. The third-order valence-electron chi connectivity index (χ3n) is 3.49. The van der Waals surface area contributed by atoms with Crippen LogP contribution in [0.3, 0.4) is 0 Å². The first kappa shape index (κ1) is 19.2. The van der Waals surface area contributed by atoms with E-state index in [1.807, 2.05) is 6.07 Å². The Labute approximate surface area is 152 Å². The number of nitro groups is 1. The maximum atomic E-state index is 11.2. The molecule has 7 nitrogen and oxygen atoms in total. The van der Waals surface area contributed by atoms with Crippen molar-refractivity contribution in [3.8, 4) is 17.2 Å². The highest BCUT2D eigenvalue weighted by Crippen LogP contribution is 2.32. The van der Waals surface area contributed by atoms with Crippen LogP contribution in [0.15, 0.2) is 41.4 Å². The van der Waals surface area contributed by atoms with E-state index in [4.69, 9.17) is 14.2 Å². The number of ether oxygens (including phenoxy) is 3. The van der Waals surface area contributed by atoms with Crippen molar-refractivity contribution in [3.05, 3.63) is 52.1 Å². The van der Waals surface area contributed by atoms with Crippen molar-refractivity contribution >= 4 is 17.6 Å². The summed E-state index contributed by atoms with van der Waals surface area (Å²) < 4.78 is 16.1. The van der Waals surface area contributed by atoms with E-state index in [-0.39, 0.29) is 11.4 Å². The van der Waals surface area contributed by atoms with Gasteiger partial charge in [0.15, 0.2) is 11.5 Å². The average molecular weight is 358 g/mol. The number of nitrogens with zero attached hydrogens (tertiary/aromatic N) is 2. The first-order chi connectivity index (χ1) is 12.4. The van der Waals surface area contributed by atoms with Crippen LogP contribution in [0.2, 0.25) is 0 Å². The van der Waals surface area contributed by atoms with E-state index < -0.39 is 4.92 Å². The summed E-state index contributed by atoms with van der Waals surface area (Å²) in [4.78, 5) is 15.0. The van der Waals surface area contributed by atoms with Gasteiger partial charge in [-0.15, -0.1) is 0 Å². The molecule has 0 aliphatic rings. The highest BCUT2D eigenvalue weighted by atomic mass is 16.6. The highest BCUT2D eigenvalue weighted by Gasteiger charge is 2.14. The molecule has 0 saturated carbocycles. The number of nitro benzene ring substituents is 1. The molecule has 0 saturated heterocycles. The predicted molar refractivity (Wildman–Crippen MR) is 100 cm³/mol. The maximum absolute atomic E-state index is 11.2. The van der Waals surface area contributed by atoms with Gasteiger partial charge in [-0.1, -0.05) is 13.8 Å². The molecule has 0 aliphatic heterocycles. The number of hydrogen-bond donors (Lipinski definition) is 0. The summed E-state index contributed by atoms with van der Waals surface area (Å²) in [5, 5.41) is 11.2. The van der Waals surface area contributed by atoms with Crippen molar-refractivity contribution in [3.63, 3.8) is 0 Å². The minimum Gasteiger partial charge on any atom is -0.496 e. The Balaban J connectivity index is 2.26. The Morgan fingerprint density at radius 3 is 2.50 bits per heavy atom. The van der Waals surface area contributed by atoms with E-state index >= 15 is 0 Å². The summed E-state index contributed by atoms with van der Waals surface area (Å²) in [5.41, 5.74) is 0.864. The molecule has 0 unspecified atom stereocenters. The molecule has 0 atom stereocenters. The molecule has 138 valence electrons. The van der Waals surface area contributed by atoms with Gasteiger partial charge in [0.25, 0.3) is 5.69 Å². The van der Waals surface area contributed by atoms with Crippen molar-refractivity contribution < 1.29 is 19.1 Å². The summed E-state index contributed by atoms with van der Waals surface area (Å²) in [6.07, 6.45) is 1.55. The number of rotatable bonds is 8. The average Bonchev–Trinajstić information content (AvgIpc) is 2.64. The topological polar surface area (TPSA) is 83.2 Å². The molecule has 2 aromatic carbocycles. The Kier molecular flexibility index (Phi) is 6.54. The van der Waals surface area contributed by atoms with Gasteiger partial charge in [-0.05, 0) is 41.8 Å². The normalized spacial score (nSPS) is 11.0. The third kappa shape index (κ3) is 4.95. The summed E-state index contributed by atoms with van der Waals surface area (Å²) in [6, 6.07) is 9.90. The van der Waals surface area contributed by atoms with E-state index in [9.17, 15) is 10.1 Å². The second-order valence-electron chi connectivity index (χ2n) is 5.99. The highest BCUT2D eigenvalue weighted by molar-refractivity contribution is 5.84. The summed E-state index contributed by atoms with van der Waals surface area (Å²) in [5.74, 6) is 2.04. The third-order valence-corrected chi connectivity index (χ3v) is 3.49. The zero-order valence-electron chi connectivity index (χ0n) is 15.3. The fourth-order valence-electron chi connectivity index (χ4n) is 2.17. The van der Waals surface area contributed by atoms with Crippen LogP contribution in [-0.2, 0) is 0 Å². The fraction of sp³-hybridized carbons (Fsp3) is 0.316. The van der Waals surface area contributed by atoms with Gasteiger partial charge in [0, 0.05) is 6.21 Å². The van der Waals surface area contributed by atoms with Crippen LogP contribution in [-0.4, -0.2) is 32.0 Å². The second-order valence-corrected chi connectivity index (χ2v) is 5.99. The Hall–Kier alpha value is -3.09. The van der Waals surface area contributed by atoms with Gasteiger partial charge < -0.3 is 14.2 Å². The Bertz CT molecular complexity index is 803. The lowest BCUT2D eigenvalue weighted by Crippen LogP contribution is -2.05. The van der Waals surface area contributed by atoms with Gasteiger partial charge in [-0.2, -0.15) is 0 Å². The second kappa shape index (κ2) is 8.84. The molecule has 0 amide bonds. The van der Waals surface area contributed by atoms with Crippen molar-refractivity contribution in [2.24, 2.45) is 10.9 Å². The van der Waals surface area contributed by atoms with Crippen LogP contribution in [0, 0.1) is 16.0 Å². The molecule has 26 heavy (non-hydrogen) atoms. The number of methoxy groups -OCH3 is 2. The SMILES string of the molecule is COc1ccc(N=Cc2ccc(OCC(C)C)c(OC)c2)c([N+](=O)[O-])c1. The first-order valence-electron chi connectivity index (χ1n) is 8.12. The standard InChI is InChI=1S/C19H22N2O5/c1-13(2)12-26-18-8-5-14(9-19(18)25-4)11-20-16-7-6-15(24-3)10-17(16)21(22)23/h5-11,13H,12H2,1-4H3. The number of aliphatic imine (C=N–C) groups is 1. The number of benzene rings is 2. The summed E-state index contributed by atoms with van der Waals surface area (Å²) in [6.45, 7) is 4.71. The Morgan fingerprint density at radius 1 is 1.12 bits per heavy atom. The molecule has 0 bridgehead atoms. The molecular formula is C19H22N2O5. The molecule has 0 aliphatic carbocycles. The van der Waals surface area contributed by atoms with Crippen LogP contribution >= 0.6 is 0 Å². The minimum absolute atomic E-state index is 0.121. The van der Waals surface area contributed by atoms with Crippen molar-refractivity contribution in [1.82, 2.24) is 0 Å². The molecule has 0 spiro atoms. The molecule has 0 radical (unpaired) electrons. The molecule has 0 aromatic heterocycles. The van der Waals surface area contributed by atoms with Crippen LogP contribution in [0.25, 0.3) is 0 Å². The lowest BCUT2D eigenvalue weighted by Gasteiger charge is -2.12. The Morgan fingerprint density at radius 2 is 1.88 bits per heavy atom. The lowest BCUT2D eigenvalue weighted by molar-refractivity contribution is -0.384. The fourth-order valence-corrected chi connectivity index (χ4v) is 2.17. The zero-order valence-corrected chi connectivity index (χ0v) is 15.3. The minimum atomic E-state index is -0.487. The van der Waals surface area contributed by atoms with Crippen LogP contribution < -0.4 is 14.2 Å². The molecule has 0 heterocycles. The lowest BCUT2D eigenvalue weighted by atomic mass is 10.2. The van der Waals surface area contributed by atoms with Gasteiger partial charge in [0.05, 0.1) is 31.8 Å². The van der Waals surface area contributed by atoms with Gasteiger partial charge in [-0.3, -0.25) is 10.1 Å². The molecule has 2 rings (SSSR count). The van der Waals surface area contributed by atoms with Crippen LogP contribution in [0.4, 0.5) is 11.4 Å². The monoisotopic (exact) mass is 358 g/mol. The maximum Gasteiger partial charge on any atom is 0.298 e. The predicted octanol–water partition coefficient (Wildman–Crippen LogP) is 4.40. The molecule has 0 N–H and O–H groups in total. The molecule has 7 heteroatoms. The number of hydrogen-bond acceptors (Lipinski definition) is 6. The van der Waals surface area contributed by atoms with Crippen LogP contribution in [0.1, 0.15) is 19.4 Å². The van der Waals surface area contributed by atoms with Gasteiger partial charge in [0.1, 0.15) is 11.4 Å². The van der Waals surface area contributed by atoms with Crippen molar-refractivity contribution in [1.29, 1.82) is 0 Å². The van der Waals surface area contributed by atoms with E-state index in [1.165, 1.54) is 13.2 Å². The van der Waals surface area contributed by atoms with Crippen molar-refractivity contribution in [2.45, 2.75) is 13.8 Å². The summed E-state index contributed by atoms with van der Waals surface area (Å²) >= 11 is 0. The molecular weight excluding hydrogens is 336 g/mol. The molecule has 0 fully saturated rings. The van der Waals surface area contributed by atoms with Gasteiger partial charge in [0.2, 0.25) is 0 Å².